The second kappa shape index (κ2) is 7.20. The lowest BCUT2D eigenvalue weighted by Gasteiger charge is -2.11. The van der Waals surface area contributed by atoms with Gasteiger partial charge < -0.3 is 10.1 Å². The molecule has 2 heterocycles. The third-order valence-electron chi connectivity index (χ3n) is 3.65. The van der Waals surface area contributed by atoms with Gasteiger partial charge in [0.15, 0.2) is 6.04 Å². The molecule has 1 unspecified atom stereocenters. The van der Waals surface area contributed by atoms with Gasteiger partial charge >= 0.3 is 5.82 Å². The number of nitro groups is 1. The molecule has 0 spiro atoms. The van der Waals surface area contributed by atoms with Crippen molar-refractivity contribution in [3.63, 3.8) is 0 Å². The van der Waals surface area contributed by atoms with Gasteiger partial charge in [-0.25, -0.2) is 10.1 Å². The van der Waals surface area contributed by atoms with Crippen LogP contribution in [0.5, 0.6) is 0 Å². The van der Waals surface area contributed by atoms with Crippen molar-refractivity contribution in [2.75, 3.05) is 0 Å². The van der Waals surface area contributed by atoms with Crippen LogP contribution in [0.3, 0.4) is 0 Å². The van der Waals surface area contributed by atoms with Crippen molar-refractivity contribution in [2.45, 2.75) is 33.2 Å². The average molecular weight is 351 g/mol. The van der Waals surface area contributed by atoms with E-state index in [9.17, 15) is 19.3 Å². The first kappa shape index (κ1) is 18.2. The van der Waals surface area contributed by atoms with Gasteiger partial charge in [-0.3, -0.25) is 4.79 Å². The number of carbonyl (C=O) groups is 1. The molecule has 11 heteroatoms. The molecule has 0 aliphatic rings. The van der Waals surface area contributed by atoms with Crippen molar-refractivity contribution in [2.24, 2.45) is 12.1 Å². The highest BCUT2D eigenvalue weighted by atomic mass is 19.1. The Morgan fingerprint density at radius 1 is 1.52 bits per heavy atom. The van der Waals surface area contributed by atoms with Crippen LogP contribution >= 0.6 is 0 Å². The van der Waals surface area contributed by atoms with E-state index in [1.165, 1.54) is 24.0 Å². The van der Waals surface area contributed by atoms with Crippen LogP contribution in [0, 0.1) is 29.9 Å². The van der Waals surface area contributed by atoms with Gasteiger partial charge in [0.2, 0.25) is 5.95 Å². The maximum Gasteiger partial charge on any atom is 0.390 e. The van der Waals surface area contributed by atoms with Crippen LogP contribution in [0.2, 0.25) is 0 Å². The van der Waals surface area contributed by atoms with E-state index in [-0.39, 0.29) is 11.4 Å². The highest BCUT2D eigenvalue weighted by molar-refractivity contribution is 5.84. The molecule has 2 aromatic rings. The van der Waals surface area contributed by atoms with E-state index < -0.39 is 22.8 Å². The third-order valence-corrected chi connectivity index (χ3v) is 3.65. The van der Waals surface area contributed by atoms with Crippen molar-refractivity contribution in [1.82, 2.24) is 25.0 Å². The van der Waals surface area contributed by atoms with Crippen molar-refractivity contribution in [3.05, 3.63) is 39.1 Å². The fourth-order valence-corrected chi connectivity index (χ4v) is 2.37. The first-order valence-electron chi connectivity index (χ1n) is 7.48. The number of nitrogens with zero attached hydrogens (tertiary/aromatic N) is 6. The van der Waals surface area contributed by atoms with E-state index in [0.29, 0.717) is 17.8 Å². The zero-order valence-electron chi connectivity index (χ0n) is 14.2. The fourth-order valence-electron chi connectivity index (χ4n) is 2.37. The molecule has 2 rings (SSSR count). The van der Waals surface area contributed by atoms with Gasteiger partial charge in [0, 0.05) is 7.05 Å². The molecule has 0 bridgehead atoms. The van der Waals surface area contributed by atoms with Crippen LogP contribution in [0.25, 0.3) is 0 Å². The van der Waals surface area contributed by atoms with Crippen molar-refractivity contribution in [3.8, 4) is 0 Å². The van der Waals surface area contributed by atoms with Gasteiger partial charge in [0.05, 0.1) is 34.3 Å². The van der Waals surface area contributed by atoms with Crippen molar-refractivity contribution >= 4 is 17.9 Å². The number of hydrogen-bond acceptors (Lipinski definition) is 6. The van der Waals surface area contributed by atoms with Gasteiger partial charge in [-0.05, 0) is 25.2 Å². The summed E-state index contributed by atoms with van der Waals surface area (Å²) >= 11 is 0. The number of aryl methyl sites for hydroxylation is 3. The number of carbonyl (C=O) groups excluding carboxylic acids is 1. The Bertz CT molecular complexity index is 840. The summed E-state index contributed by atoms with van der Waals surface area (Å²) in [6.45, 7) is 4.98. The molecule has 0 aliphatic carbocycles. The van der Waals surface area contributed by atoms with Crippen molar-refractivity contribution < 1.29 is 14.1 Å². The molecule has 10 nitrogen and oxygen atoms in total. The summed E-state index contributed by atoms with van der Waals surface area (Å²) in [6, 6.07) is 0.513. The predicted octanol–water partition coefficient (Wildman–Crippen LogP) is 1.38. The monoisotopic (exact) mass is 351 g/mol. The normalized spacial score (nSPS) is 12.5. The number of hydrogen-bond donors (Lipinski definition) is 1. The molecule has 0 saturated heterocycles. The lowest BCUT2D eigenvalue weighted by atomic mass is 10.2. The standard InChI is InChI=1S/C14H18FN7O3/c1-5-11(21-8(2)6-12(19-21)22(24)25)14(23)17-16-7-10-9(3)18-20(4)13(10)15/h6-7,11H,5H2,1-4H3,(H,17,23). The van der Waals surface area contributed by atoms with Gasteiger partial charge in [-0.1, -0.05) is 6.92 Å². The Hall–Kier alpha value is -3.11. The van der Waals surface area contributed by atoms with E-state index >= 15 is 0 Å². The molecule has 25 heavy (non-hydrogen) atoms. The molecule has 0 saturated carbocycles. The van der Waals surface area contributed by atoms with Gasteiger partial charge in [0.1, 0.15) is 0 Å². The summed E-state index contributed by atoms with van der Waals surface area (Å²) < 4.78 is 16.1. The molecule has 1 N–H and O–H groups in total. The van der Waals surface area contributed by atoms with Crippen molar-refractivity contribution in [1.29, 1.82) is 0 Å². The average Bonchev–Trinajstić information content (AvgIpc) is 3.03. The number of nitrogens with one attached hydrogen (secondary N) is 1. The minimum atomic E-state index is -0.773. The summed E-state index contributed by atoms with van der Waals surface area (Å²) in [5.74, 6) is -1.41. The molecular weight excluding hydrogens is 333 g/mol. The maximum absolute atomic E-state index is 13.8. The summed E-state index contributed by atoms with van der Waals surface area (Å²) in [6.07, 6.45) is 1.52. The van der Waals surface area contributed by atoms with E-state index in [1.54, 1.807) is 20.8 Å². The number of amides is 1. The lowest BCUT2D eigenvalue weighted by Crippen LogP contribution is -2.30. The second-order valence-electron chi connectivity index (χ2n) is 5.42. The topological polar surface area (TPSA) is 120 Å². The molecule has 0 aliphatic heterocycles. The Kier molecular flexibility index (Phi) is 5.25. The Balaban J connectivity index is 2.15. The predicted molar refractivity (Wildman–Crippen MR) is 86.6 cm³/mol. The first-order valence-corrected chi connectivity index (χ1v) is 7.48. The Morgan fingerprint density at radius 3 is 2.68 bits per heavy atom. The summed E-state index contributed by atoms with van der Waals surface area (Å²) in [7, 11) is 1.46. The van der Waals surface area contributed by atoms with E-state index in [2.05, 4.69) is 20.7 Å². The van der Waals surface area contributed by atoms with E-state index in [4.69, 9.17) is 0 Å². The van der Waals surface area contributed by atoms with Crippen LogP contribution in [-0.4, -0.2) is 36.6 Å². The number of rotatable bonds is 6. The number of aromatic nitrogens is 4. The summed E-state index contributed by atoms with van der Waals surface area (Å²) in [5.41, 5.74) is 3.39. The molecular formula is C14H18FN7O3. The van der Waals surface area contributed by atoms with Crippen LogP contribution in [0.1, 0.15) is 36.3 Å². The molecule has 2 aromatic heterocycles. The van der Waals surface area contributed by atoms with Crippen LogP contribution < -0.4 is 5.43 Å². The minimum Gasteiger partial charge on any atom is -0.358 e. The molecule has 0 fully saturated rings. The van der Waals surface area contributed by atoms with E-state index in [0.717, 1.165) is 4.68 Å². The van der Waals surface area contributed by atoms with Gasteiger partial charge in [0.25, 0.3) is 5.91 Å². The SMILES string of the molecule is CCC(C(=O)NN=Cc1c(C)nn(C)c1F)n1nc([N+](=O)[O-])cc1C. The fraction of sp³-hybridized carbons (Fsp3) is 0.429. The first-order chi connectivity index (χ1) is 11.8. The zero-order valence-corrected chi connectivity index (χ0v) is 14.2. The Labute approximate surface area is 142 Å². The molecule has 134 valence electrons. The number of hydrazone groups is 1. The highest BCUT2D eigenvalue weighted by Gasteiger charge is 2.26. The van der Waals surface area contributed by atoms with Crippen LogP contribution in [-0.2, 0) is 11.8 Å². The van der Waals surface area contributed by atoms with Crippen LogP contribution in [0.15, 0.2) is 11.2 Å². The minimum absolute atomic E-state index is 0.168. The lowest BCUT2D eigenvalue weighted by molar-refractivity contribution is -0.389. The third kappa shape index (κ3) is 3.70. The summed E-state index contributed by atoms with van der Waals surface area (Å²) in [5, 5.41) is 22.3. The van der Waals surface area contributed by atoms with Gasteiger partial charge in [-0.15, -0.1) is 0 Å². The largest absolute Gasteiger partial charge is 0.390 e. The smallest absolute Gasteiger partial charge is 0.358 e. The maximum atomic E-state index is 13.8. The van der Waals surface area contributed by atoms with E-state index in [1.807, 2.05) is 0 Å². The molecule has 0 radical (unpaired) electrons. The molecule has 1 amide bonds. The number of halogens is 1. The van der Waals surface area contributed by atoms with Crippen LogP contribution in [0.4, 0.5) is 10.2 Å². The summed E-state index contributed by atoms with van der Waals surface area (Å²) in [4.78, 5) is 22.5. The zero-order chi connectivity index (χ0) is 18.7. The quantitative estimate of drug-likeness (QED) is 0.479. The molecule has 1 atom stereocenters. The van der Waals surface area contributed by atoms with Gasteiger partial charge in [-0.2, -0.15) is 19.3 Å². The molecule has 0 aromatic carbocycles. The second-order valence-corrected chi connectivity index (χ2v) is 5.42. The highest BCUT2D eigenvalue weighted by Crippen LogP contribution is 2.18. The Morgan fingerprint density at radius 2 is 2.20 bits per heavy atom.